The van der Waals surface area contributed by atoms with Crippen LogP contribution in [0.1, 0.15) is 43.7 Å². The molecule has 0 spiro atoms. The van der Waals surface area contributed by atoms with Crippen molar-refractivity contribution in [2.45, 2.75) is 50.8 Å². The first kappa shape index (κ1) is 25.6. The van der Waals surface area contributed by atoms with Crippen molar-refractivity contribution in [1.29, 1.82) is 0 Å². The molecule has 6 rings (SSSR count). The highest BCUT2D eigenvalue weighted by Crippen LogP contribution is 2.42. The van der Waals surface area contributed by atoms with E-state index in [1.54, 1.807) is 11.8 Å². The molecule has 1 heterocycles. The third kappa shape index (κ3) is 5.69. The molecule has 2 fully saturated rings. The first-order valence-corrected chi connectivity index (χ1v) is 14.8. The van der Waals surface area contributed by atoms with Crippen LogP contribution in [0.3, 0.4) is 0 Å². The predicted octanol–water partition coefficient (Wildman–Crippen LogP) is 8.31. The Bertz CT molecular complexity index is 1460. The van der Waals surface area contributed by atoms with Gasteiger partial charge in [-0.15, -0.1) is 0 Å². The van der Waals surface area contributed by atoms with Crippen LogP contribution in [0.2, 0.25) is 0 Å². The van der Waals surface area contributed by atoms with Crippen molar-refractivity contribution in [3.63, 3.8) is 0 Å². The summed E-state index contributed by atoms with van der Waals surface area (Å²) in [6, 6.07) is 33.2. The minimum absolute atomic E-state index is 0.111. The molecule has 0 bridgehead atoms. The van der Waals surface area contributed by atoms with Crippen LogP contribution < -0.4 is 10.1 Å². The Hall–Kier alpha value is -3.70. The van der Waals surface area contributed by atoms with Gasteiger partial charge in [0.1, 0.15) is 12.4 Å². The van der Waals surface area contributed by atoms with Crippen LogP contribution in [0.25, 0.3) is 16.8 Å². The molecule has 1 unspecified atom stereocenters. The summed E-state index contributed by atoms with van der Waals surface area (Å²) in [5.74, 6) is 1.45. The number of hydrogen-bond acceptors (Lipinski definition) is 4. The van der Waals surface area contributed by atoms with E-state index in [1.165, 1.54) is 35.6 Å². The summed E-state index contributed by atoms with van der Waals surface area (Å²) in [7, 11) is 0. The van der Waals surface area contributed by atoms with Gasteiger partial charge in [0.25, 0.3) is 5.91 Å². The molecule has 0 radical (unpaired) electrons. The lowest BCUT2D eigenvalue weighted by molar-refractivity contribution is -0.129. The van der Waals surface area contributed by atoms with E-state index in [0.717, 1.165) is 28.3 Å². The molecule has 4 aromatic rings. The van der Waals surface area contributed by atoms with Crippen LogP contribution in [0.15, 0.2) is 102 Å². The number of carbonyl (C=O) groups excluding carboxylic acids is 1. The van der Waals surface area contributed by atoms with E-state index in [2.05, 4.69) is 71.7 Å². The molecule has 5 heteroatoms. The fourth-order valence-corrected chi connectivity index (χ4v) is 6.97. The Balaban J connectivity index is 1.18. The van der Waals surface area contributed by atoms with Crippen molar-refractivity contribution in [3.05, 3.63) is 113 Å². The zero-order valence-corrected chi connectivity index (χ0v) is 23.1. The maximum absolute atomic E-state index is 13.8. The fourth-order valence-electron chi connectivity index (χ4n) is 5.76. The van der Waals surface area contributed by atoms with Gasteiger partial charge in [-0.05, 0) is 71.0 Å². The number of hydrogen-bond donors (Lipinski definition) is 1. The normalized spacial score (nSPS) is 22.4. The van der Waals surface area contributed by atoms with Gasteiger partial charge in [0, 0.05) is 11.7 Å². The monoisotopic (exact) mass is 534 g/mol. The first-order chi connectivity index (χ1) is 19.2. The fraction of sp³-hybridized carbons (Fsp3) is 0.265. The van der Waals surface area contributed by atoms with E-state index in [-0.39, 0.29) is 17.4 Å². The number of para-hydroxylation sites is 1. The van der Waals surface area contributed by atoms with E-state index in [4.69, 9.17) is 4.74 Å². The second kappa shape index (κ2) is 11.6. The molecular formula is C34H34N2O2S. The van der Waals surface area contributed by atoms with E-state index >= 15 is 0 Å². The number of carbonyl (C=O) groups is 1. The van der Waals surface area contributed by atoms with E-state index < -0.39 is 0 Å². The number of amides is 1. The van der Waals surface area contributed by atoms with Crippen LogP contribution in [0.4, 0.5) is 5.69 Å². The summed E-state index contributed by atoms with van der Waals surface area (Å²) in [5.41, 5.74) is 3.09. The largest absolute Gasteiger partial charge is 0.489 e. The topological polar surface area (TPSA) is 41.6 Å². The van der Waals surface area contributed by atoms with Gasteiger partial charge in [0.05, 0.1) is 4.91 Å². The van der Waals surface area contributed by atoms with Crippen molar-refractivity contribution in [2.75, 3.05) is 5.32 Å². The molecule has 0 aromatic heterocycles. The maximum Gasteiger partial charge on any atom is 0.262 e. The van der Waals surface area contributed by atoms with Crippen molar-refractivity contribution < 1.29 is 9.53 Å². The van der Waals surface area contributed by atoms with E-state index in [9.17, 15) is 4.79 Å². The van der Waals surface area contributed by atoms with Crippen LogP contribution in [0.5, 0.6) is 5.75 Å². The standard InChI is InChI=1S/C34H34N2O2S/c1-24-10-5-8-17-31(24)36-33(37)32(39-34(36)35-28-14-3-2-4-15-28)22-25-18-20-29(21-19-25)38-23-27-13-9-12-26-11-6-7-16-30(26)27/h2-4,6-7,9,11-16,18-22,24,31,34-35H,5,8,10,17,23H2,1H3/b32-22-/t24-,31+,34?/m0/s1. The number of anilines is 1. The SMILES string of the molecule is C[C@H]1CCCC[C@H]1N1C(=O)/C(=C/c2ccc(OCc3cccc4ccccc34)cc2)SC1Nc1ccccc1. The van der Waals surface area contributed by atoms with Gasteiger partial charge in [-0.3, -0.25) is 4.79 Å². The molecule has 1 N–H and O–H groups in total. The second-order valence-corrected chi connectivity index (χ2v) is 11.6. The third-order valence-electron chi connectivity index (χ3n) is 7.88. The quantitative estimate of drug-likeness (QED) is 0.242. The number of fused-ring (bicyclic) bond motifs is 1. The molecule has 1 saturated heterocycles. The van der Waals surface area contributed by atoms with Crippen LogP contribution in [-0.4, -0.2) is 22.3 Å². The highest BCUT2D eigenvalue weighted by Gasteiger charge is 2.42. The zero-order chi connectivity index (χ0) is 26.6. The third-order valence-corrected chi connectivity index (χ3v) is 8.99. The van der Waals surface area contributed by atoms with Crippen LogP contribution in [0, 0.1) is 5.92 Å². The second-order valence-electron chi connectivity index (χ2n) is 10.5. The van der Waals surface area contributed by atoms with E-state index in [0.29, 0.717) is 12.5 Å². The van der Waals surface area contributed by atoms with Gasteiger partial charge in [0.15, 0.2) is 5.50 Å². The smallest absolute Gasteiger partial charge is 0.262 e. The molecule has 1 amide bonds. The van der Waals surface area contributed by atoms with Gasteiger partial charge >= 0.3 is 0 Å². The van der Waals surface area contributed by atoms with Crippen molar-refractivity contribution >= 4 is 40.2 Å². The Morgan fingerprint density at radius 2 is 1.64 bits per heavy atom. The molecule has 4 aromatic carbocycles. The average Bonchev–Trinajstić information content (AvgIpc) is 3.27. The lowest BCUT2D eigenvalue weighted by atomic mass is 9.85. The average molecular weight is 535 g/mol. The minimum Gasteiger partial charge on any atom is -0.489 e. The molecule has 198 valence electrons. The highest BCUT2D eigenvalue weighted by molar-refractivity contribution is 8.05. The molecule has 2 aliphatic rings. The minimum atomic E-state index is -0.111. The molecular weight excluding hydrogens is 500 g/mol. The number of rotatable bonds is 7. The Morgan fingerprint density at radius 1 is 0.897 bits per heavy atom. The molecule has 39 heavy (non-hydrogen) atoms. The Morgan fingerprint density at radius 3 is 2.46 bits per heavy atom. The summed E-state index contributed by atoms with van der Waals surface area (Å²) in [4.78, 5) is 16.6. The Kier molecular flexibility index (Phi) is 7.60. The van der Waals surface area contributed by atoms with Gasteiger partial charge in [-0.2, -0.15) is 0 Å². The number of nitrogens with zero attached hydrogens (tertiary/aromatic N) is 1. The Labute approximate surface area is 235 Å². The van der Waals surface area contributed by atoms with Gasteiger partial charge in [-0.25, -0.2) is 0 Å². The summed E-state index contributed by atoms with van der Waals surface area (Å²) >= 11 is 1.62. The van der Waals surface area contributed by atoms with Crippen molar-refractivity contribution in [3.8, 4) is 5.75 Å². The summed E-state index contributed by atoms with van der Waals surface area (Å²) in [5, 5.41) is 6.05. The molecule has 1 saturated carbocycles. The highest BCUT2D eigenvalue weighted by atomic mass is 32.2. The number of benzene rings is 4. The van der Waals surface area contributed by atoms with Crippen molar-refractivity contribution in [2.24, 2.45) is 5.92 Å². The maximum atomic E-state index is 13.8. The lowest BCUT2D eigenvalue weighted by Crippen LogP contribution is -2.48. The summed E-state index contributed by atoms with van der Waals surface area (Å²) < 4.78 is 6.13. The summed E-state index contributed by atoms with van der Waals surface area (Å²) in [6.07, 6.45) is 6.70. The predicted molar refractivity (Wildman–Crippen MR) is 162 cm³/mol. The summed E-state index contributed by atoms with van der Waals surface area (Å²) in [6.45, 7) is 2.80. The number of nitrogens with one attached hydrogen (secondary N) is 1. The molecule has 1 aliphatic carbocycles. The van der Waals surface area contributed by atoms with Crippen LogP contribution in [-0.2, 0) is 11.4 Å². The molecule has 1 aliphatic heterocycles. The molecule has 3 atom stereocenters. The number of ether oxygens (including phenoxy) is 1. The molecule has 4 nitrogen and oxygen atoms in total. The van der Waals surface area contributed by atoms with Crippen molar-refractivity contribution in [1.82, 2.24) is 4.90 Å². The number of thioether (sulfide) groups is 1. The van der Waals surface area contributed by atoms with Crippen LogP contribution >= 0.6 is 11.8 Å². The van der Waals surface area contributed by atoms with Gasteiger partial charge in [0.2, 0.25) is 0 Å². The first-order valence-electron chi connectivity index (χ1n) is 13.9. The lowest BCUT2D eigenvalue weighted by Gasteiger charge is -2.39. The van der Waals surface area contributed by atoms with Gasteiger partial charge in [-0.1, -0.05) is 104 Å². The zero-order valence-electron chi connectivity index (χ0n) is 22.3. The van der Waals surface area contributed by atoms with E-state index in [1.807, 2.05) is 48.5 Å². The van der Waals surface area contributed by atoms with Gasteiger partial charge < -0.3 is 15.0 Å².